The highest BCUT2D eigenvalue weighted by Gasteiger charge is 2.32. The van der Waals surface area contributed by atoms with Crippen LogP contribution in [0.4, 0.5) is 16.2 Å². The first-order valence-corrected chi connectivity index (χ1v) is 12.7. The van der Waals surface area contributed by atoms with E-state index >= 15 is 0 Å². The van der Waals surface area contributed by atoms with E-state index in [1.54, 1.807) is 63.5 Å². The van der Waals surface area contributed by atoms with Crippen molar-refractivity contribution in [2.24, 2.45) is 0 Å². The van der Waals surface area contributed by atoms with Gasteiger partial charge in [0.2, 0.25) is 5.91 Å². The van der Waals surface area contributed by atoms with E-state index in [0.29, 0.717) is 17.1 Å². The van der Waals surface area contributed by atoms with Crippen LogP contribution in [0.25, 0.3) is 0 Å². The minimum absolute atomic E-state index is 0.305. The highest BCUT2D eigenvalue weighted by molar-refractivity contribution is 7.91. The summed E-state index contributed by atoms with van der Waals surface area (Å²) in [5.41, 5.74) is 2.55. The maximum atomic E-state index is 13.5. The number of carbonyl (C=O) groups is 2. The van der Waals surface area contributed by atoms with E-state index in [1.165, 1.54) is 4.90 Å². The summed E-state index contributed by atoms with van der Waals surface area (Å²) < 4.78 is 34.5. The molecular weight excluding hydrogens is 480 g/mol. The second kappa shape index (κ2) is 11.6. The summed E-state index contributed by atoms with van der Waals surface area (Å²) in [4.78, 5) is 27.7. The average Bonchev–Trinajstić information content (AvgIpc) is 2.86. The topological polar surface area (TPSA) is 117 Å². The first-order chi connectivity index (χ1) is 17.1. The van der Waals surface area contributed by atoms with E-state index in [4.69, 9.17) is 4.74 Å². The van der Waals surface area contributed by atoms with Crippen LogP contribution in [-0.4, -0.2) is 40.6 Å². The Hall–Kier alpha value is -4.05. The van der Waals surface area contributed by atoms with Crippen molar-refractivity contribution in [2.75, 3.05) is 23.8 Å². The maximum absolute atomic E-state index is 13.5. The van der Waals surface area contributed by atoms with Crippen LogP contribution in [0.2, 0.25) is 0 Å². The van der Waals surface area contributed by atoms with Crippen LogP contribution >= 0.6 is 0 Å². The van der Waals surface area contributed by atoms with Crippen LogP contribution in [0, 0.1) is 6.92 Å². The Balaban J connectivity index is 1.81. The molecule has 0 aliphatic rings. The zero-order valence-electron chi connectivity index (χ0n) is 20.6. The quantitative estimate of drug-likeness (QED) is 0.405. The number of hydrogen-bond acceptors (Lipinski definition) is 5. The number of nitrogens with one attached hydrogen (secondary N) is 3. The van der Waals surface area contributed by atoms with Gasteiger partial charge < -0.3 is 15.0 Å². The van der Waals surface area contributed by atoms with Gasteiger partial charge in [-0.1, -0.05) is 49.4 Å². The van der Waals surface area contributed by atoms with Crippen LogP contribution in [-0.2, 0) is 15.0 Å². The summed E-state index contributed by atoms with van der Waals surface area (Å²) in [5, 5.41) is 2.56. The molecule has 0 fully saturated rings. The Morgan fingerprint density at radius 3 is 2.22 bits per heavy atom. The molecule has 2 atom stereocenters. The highest BCUT2D eigenvalue weighted by Crippen LogP contribution is 2.24. The predicted molar refractivity (Wildman–Crippen MR) is 140 cm³/mol. The Morgan fingerprint density at radius 1 is 0.944 bits per heavy atom. The monoisotopic (exact) mass is 510 g/mol. The van der Waals surface area contributed by atoms with Gasteiger partial charge in [0, 0.05) is 18.7 Å². The summed E-state index contributed by atoms with van der Waals surface area (Å²) in [7, 11) is -1.11. The second-order valence-electron chi connectivity index (χ2n) is 8.32. The summed E-state index contributed by atoms with van der Waals surface area (Å²) >= 11 is 0. The van der Waals surface area contributed by atoms with Crippen molar-refractivity contribution in [1.29, 1.82) is 0 Å². The molecule has 3 rings (SSSR count). The summed E-state index contributed by atoms with van der Waals surface area (Å²) in [6.07, 6.45) is 0. The fourth-order valence-corrected chi connectivity index (χ4v) is 4.46. The smallest absolute Gasteiger partial charge is 0.330 e. The van der Waals surface area contributed by atoms with Crippen LogP contribution in [0.5, 0.6) is 5.75 Å². The Kier molecular flexibility index (Phi) is 8.55. The first-order valence-electron chi connectivity index (χ1n) is 11.2. The number of urea groups is 1. The van der Waals surface area contributed by atoms with Crippen LogP contribution < -0.4 is 24.4 Å². The number of rotatable bonds is 9. The SMILES string of the molecule is COc1ccc(N(C)C(=O)C(NC(=O)NS(=O)(=O)Nc2cccc(C)c2)[C@H](C)c2ccccc2)cc1. The molecular formula is C26H30N4O5S. The number of hydrogen-bond donors (Lipinski definition) is 3. The normalized spacial score (nSPS) is 12.7. The number of likely N-dealkylation sites (N-methyl/N-ethyl adjacent to an activating group) is 1. The van der Waals surface area contributed by atoms with Crippen molar-refractivity contribution in [1.82, 2.24) is 10.0 Å². The Labute approximate surface area is 211 Å². The lowest BCUT2D eigenvalue weighted by molar-refractivity contribution is -0.120. The number of benzene rings is 3. The minimum atomic E-state index is -4.24. The van der Waals surface area contributed by atoms with E-state index in [-0.39, 0.29) is 0 Å². The van der Waals surface area contributed by atoms with E-state index in [9.17, 15) is 18.0 Å². The molecule has 3 amide bonds. The van der Waals surface area contributed by atoms with Crippen LogP contribution in [0.15, 0.2) is 78.9 Å². The zero-order chi connectivity index (χ0) is 26.3. The maximum Gasteiger partial charge on any atom is 0.330 e. The minimum Gasteiger partial charge on any atom is -0.497 e. The van der Waals surface area contributed by atoms with Crippen LogP contribution in [0.3, 0.4) is 0 Å². The van der Waals surface area contributed by atoms with Gasteiger partial charge in [-0.05, 0) is 54.4 Å². The molecule has 190 valence electrons. The van der Waals surface area contributed by atoms with Crippen molar-refractivity contribution in [3.05, 3.63) is 90.0 Å². The first kappa shape index (κ1) is 26.6. The highest BCUT2D eigenvalue weighted by atomic mass is 32.2. The van der Waals surface area contributed by atoms with Gasteiger partial charge in [0.25, 0.3) is 0 Å². The molecule has 0 aliphatic carbocycles. The third-order valence-electron chi connectivity index (χ3n) is 5.67. The van der Waals surface area contributed by atoms with Crippen molar-refractivity contribution >= 4 is 33.5 Å². The Morgan fingerprint density at radius 2 is 1.61 bits per heavy atom. The summed E-state index contributed by atoms with van der Waals surface area (Å²) in [6.45, 7) is 3.61. The number of aryl methyl sites for hydroxylation is 1. The molecule has 3 aromatic rings. The van der Waals surface area contributed by atoms with E-state index in [2.05, 4.69) is 10.0 Å². The molecule has 0 aliphatic heterocycles. The van der Waals surface area contributed by atoms with Gasteiger partial charge in [-0.2, -0.15) is 8.42 Å². The summed E-state index contributed by atoms with van der Waals surface area (Å²) in [5.74, 6) is -0.245. The molecule has 0 saturated carbocycles. The molecule has 1 unspecified atom stereocenters. The molecule has 9 nitrogen and oxygen atoms in total. The largest absolute Gasteiger partial charge is 0.497 e. The van der Waals surface area contributed by atoms with Gasteiger partial charge in [-0.3, -0.25) is 9.52 Å². The fraction of sp³-hybridized carbons (Fsp3) is 0.231. The number of amides is 3. The lowest BCUT2D eigenvalue weighted by Crippen LogP contribution is -2.54. The number of carbonyl (C=O) groups excluding carboxylic acids is 2. The molecule has 0 bridgehead atoms. The number of ether oxygens (including phenoxy) is 1. The molecule has 10 heteroatoms. The second-order valence-corrected chi connectivity index (χ2v) is 9.74. The van der Waals surface area contributed by atoms with Gasteiger partial charge in [-0.25, -0.2) is 9.52 Å². The van der Waals surface area contributed by atoms with Crippen LogP contribution in [0.1, 0.15) is 24.0 Å². The molecule has 3 N–H and O–H groups in total. The third-order valence-corrected chi connectivity index (χ3v) is 6.62. The molecule has 3 aromatic carbocycles. The number of anilines is 2. The molecule has 36 heavy (non-hydrogen) atoms. The fourth-order valence-electron chi connectivity index (χ4n) is 3.67. The zero-order valence-corrected chi connectivity index (χ0v) is 21.4. The summed E-state index contributed by atoms with van der Waals surface area (Å²) in [6, 6.07) is 20.7. The average molecular weight is 511 g/mol. The molecule has 0 aromatic heterocycles. The molecule has 0 radical (unpaired) electrons. The van der Waals surface area contributed by atoms with Gasteiger partial charge in [0.15, 0.2) is 0 Å². The number of methoxy groups -OCH3 is 1. The molecule has 0 heterocycles. The van der Waals surface area contributed by atoms with E-state index < -0.39 is 34.1 Å². The molecule has 0 saturated heterocycles. The standard InChI is InChI=1S/C26H30N4O5S/c1-18-9-8-12-21(17-18)28-36(33,34)29-26(32)27-24(19(2)20-10-6-5-7-11-20)25(31)30(3)22-13-15-23(35-4)16-14-22/h5-17,19,24,28H,1-4H3,(H2,27,29,32)/t19-,24?/m1/s1. The van der Waals surface area contributed by atoms with Crippen molar-refractivity contribution in [3.8, 4) is 5.75 Å². The van der Waals surface area contributed by atoms with Gasteiger partial charge in [0.1, 0.15) is 11.8 Å². The lowest BCUT2D eigenvalue weighted by atomic mass is 9.92. The van der Waals surface area contributed by atoms with E-state index in [1.807, 2.05) is 48.0 Å². The van der Waals surface area contributed by atoms with E-state index in [0.717, 1.165) is 11.1 Å². The Bertz CT molecular complexity index is 1300. The number of nitrogens with zero attached hydrogens (tertiary/aromatic N) is 1. The molecule has 0 spiro atoms. The van der Waals surface area contributed by atoms with Gasteiger partial charge in [-0.15, -0.1) is 0 Å². The predicted octanol–water partition coefficient (Wildman–Crippen LogP) is 3.79. The van der Waals surface area contributed by atoms with Crippen molar-refractivity contribution in [2.45, 2.75) is 25.8 Å². The van der Waals surface area contributed by atoms with Crippen molar-refractivity contribution in [3.63, 3.8) is 0 Å². The lowest BCUT2D eigenvalue weighted by Gasteiger charge is -2.29. The third kappa shape index (κ3) is 6.98. The van der Waals surface area contributed by atoms with Gasteiger partial charge >= 0.3 is 16.2 Å². The van der Waals surface area contributed by atoms with Crippen molar-refractivity contribution < 1.29 is 22.7 Å². The van der Waals surface area contributed by atoms with Gasteiger partial charge in [0.05, 0.1) is 12.8 Å².